The van der Waals surface area contributed by atoms with Crippen molar-refractivity contribution < 1.29 is 14.3 Å². The minimum atomic E-state index is -0.396. The summed E-state index contributed by atoms with van der Waals surface area (Å²) in [4.78, 5) is 31.3. The maximum absolute atomic E-state index is 12.7. The lowest BCUT2D eigenvalue weighted by molar-refractivity contribution is -0.126. The van der Waals surface area contributed by atoms with E-state index in [4.69, 9.17) is 4.74 Å². The zero-order valence-electron chi connectivity index (χ0n) is 15.9. The molecule has 7 nitrogen and oxygen atoms in total. The molecule has 3 aromatic rings. The molecule has 4 rings (SSSR count). The van der Waals surface area contributed by atoms with Gasteiger partial charge in [0.15, 0.2) is 0 Å². The molecular formula is C21H22N4O3. The van der Waals surface area contributed by atoms with Crippen LogP contribution in [0.5, 0.6) is 5.75 Å². The number of aryl methyl sites for hydroxylation is 1. The number of hydrogen-bond donors (Lipinski definition) is 1. The molecule has 0 saturated carbocycles. The second-order valence-electron chi connectivity index (χ2n) is 6.87. The summed E-state index contributed by atoms with van der Waals surface area (Å²) >= 11 is 0. The van der Waals surface area contributed by atoms with Gasteiger partial charge in [0, 0.05) is 20.0 Å². The molecule has 1 saturated heterocycles. The number of fused-ring (bicyclic) bond motifs is 1. The molecule has 1 aromatic heterocycles. The first-order chi connectivity index (χ1) is 13.6. The van der Waals surface area contributed by atoms with E-state index in [-0.39, 0.29) is 18.2 Å². The largest absolute Gasteiger partial charge is 0.495 e. The Hall–Kier alpha value is -3.35. The van der Waals surface area contributed by atoms with Crippen molar-refractivity contribution in [2.75, 3.05) is 18.6 Å². The average Bonchev–Trinajstić information content (AvgIpc) is 3.26. The van der Waals surface area contributed by atoms with Gasteiger partial charge >= 0.3 is 0 Å². The molecule has 1 aliphatic rings. The molecule has 1 aliphatic heterocycles. The van der Waals surface area contributed by atoms with E-state index in [2.05, 4.69) is 10.3 Å². The van der Waals surface area contributed by atoms with E-state index in [0.717, 1.165) is 16.9 Å². The highest BCUT2D eigenvalue weighted by Crippen LogP contribution is 2.32. The monoisotopic (exact) mass is 378 g/mol. The fourth-order valence-corrected chi connectivity index (χ4v) is 3.63. The Labute approximate surface area is 162 Å². The van der Waals surface area contributed by atoms with Crippen LogP contribution >= 0.6 is 0 Å². The molecule has 1 unspecified atom stereocenters. The van der Waals surface area contributed by atoms with Crippen molar-refractivity contribution >= 4 is 28.5 Å². The Kier molecular flexibility index (Phi) is 4.73. The molecular weight excluding hydrogens is 356 g/mol. The number of imidazole rings is 1. The van der Waals surface area contributed by atoms with Gasteiger partial charge in [0.05, 0.1) is 36.3 Å². The van der Waals surface area contributed by atoms with Gasteiger partial charge in [-0.3, -0.25) is 9.59 Å². The number of ether oxygens (including phenoxy) is 1. The number of carbonyl (C=O) groups excluding carboxylic acids is 2. The fraction of sp³-hybridized carbons (Fsp3) is 0.286. The first-order valence-electron chi connectivity index (χ1n) is 9.20. The third kappa shape index (κ3) is 3.19. The number of hydrogen-bond acceptors (Lipinski definition) is 4. The van der Waals surface area contributed by atoms with E-state index in [1.165, 1.54) is 0 Å². The molecule has 2 amide bonds. The van der Waals surface area contributed by atoms with E-state index >= 15 is 0 Å². The van der Waals surface area contributed by atoms with Gasteiger partial charge in [-0.15, -0.1) is 0 Å². The van der Waals surface area contributed by atoms with Crippen LogP contribution in [-0.2, 0) is 23.2 Å². The van der Waals surface area contributed by atoms with Crippen LogP contribution in [0.15, 0.2) is 48.5 Å². The normalized spacial score (nSPS) is 16.6. The van der Waals surface area contributed by atoms with Gasteiger partial charge in [0.1, 0.15) is 11.6 Å². The molecule has 28 heavy (non-hydrogen) atoms. The van der Waals surface area contributed by atoms with Gasteiger partial charge in [-0.1, -0.05) is 24.3 Å². The van der Waals surface area contributed by atoms with E-state index in [1.54, 1.807) is 12.0 Å². The molecule has 0 spiro atoms. The summed E-state index contributed by atoms with van der Waals surface area (Å²) in [5, 5.41) is 2.93. The predicted octanol–water partition coefficient (Wildman–Crippen LogP) is 2.25. The second kappa shape index (κ2) is 7.34. The number of anilines is 1. The first-order valence-corrected chi connectivity index (χ1v) is 9.20. The van der Waals surface area contributed by atoms with E-state index < -0.39 is 5.92 Å². The predicted molar refractivity (Wildman–Crippen MR) is 106 cm³/mol. The van der Waals surface area contributed by atoms with Crippen LogP contribution in [0.1, 0.15) is 12.2 Å². The Morgan fingerprint density at radius 1 is 1.21 bits per heavy atom. The summed E-state index contributed by atoms with van der Waals surface area (Å²) < 4.78 is 7.31. The molecule has 1 atom stereocenters. The van der Waals surface area contributed by atoms with Gasteiger partial charge in [0.25, 0.3) is 0 Å². The average molecular weight is 378 g/mol. The van der Waals surface area contributed by atoms with E-state index in [1.807, 2.05) is 60.1 Å². The number of carbonyl (C=O) groups is 2. The third-order valence-corrected chi connectivity index (χ3v) is 5.17. The molecule has 144 valence electrons. The number of aromatic nitrogens is 2. The molecule has 2 aromatic carbocycles. The quantitative estimate of drug-likeness (QED) is 0.739. The van der Waals surface area contributed by atoms with Crippen LogP contribution in [0.2, 0.25) is 0 Å². The summed E-state index contributed by atoms with van der Waals surface area (Å²) in [6.07, 6.45) is 0.187. The highest BCUT2D eigenvalue weighted by molar-refractivity contribution is 6.01. The van der Waals surface area contributed by atoms with E-state index in [0.29, 0.717) is 24.5 Å². The fourth-order valence-electron chi connectivity index (χ4n) is 3.63. The summed E-state index contributed by atoms with van der Waals surface area (Å²) in [6, 6.07) is 15.2. The van der Waals surface area contributed by atoms with Crippen LogP contribution in [0, 0.1) is 5.92 Å². The van der Waals surface area contributed by atoms with Crippen molar-refractivity contribution in [3.8, 4) is 5.75 Å². The maximum atomic E-state index is 12.7. The Balaban J connectivity index is 1.44. The van der Waals surface area contributed by atoms with Crippen molar-refractivity contribution in [3.63, 3.8) is 0 Å². The number of nitrogens with one attached hydrogen (secondary N) is 1. The molecule has 0 radical (unpaired) electrons. The van der Waals surface area contributed by atoms with Gasteiger partial charge in [0.2, 0.25) is 11.8 Å². The molecule has 1 N–H and O–H groups in total. The highest BCUT2D eigenvalue weighted by atomic mass is 16.5. The minimum Gasteiger partial charge on any atom is -0.495 e. The molecule has 7 heteroatoms. The number of nitrogens with zero attached hydrogens (tertiary/aromatic N) is 3. The Morgan fingerprint density at radius 2 is 1.96 bits per heavy atom. The summed E-state index contributed by atoms with van der Waals surface area (Å²) in [5.41, 5.74) is 2.61. The number of benzene rings is 2. The van der Waals surface area contributed by atoms with Crippen LogP contribution < -0.4 is 15.0 Å². The van der Waals surface area contributed by atoms with Crippen LogP contribution in [0.4, 0.5) is 5.69 Å². The molecule has 0 bridgehead atoms. The Morgan fingerprint density at radius 3 is 2.75 bits per heavy atom. The maximum Gasteiger partial charge on any atom is 0.227 e. The van der Waals surface area contributed by atoms with Crippen molar-refractivity contribution in [2.24, 2.45) is 13.0 Å². The second-order valence-corrected chi connectivity index (χ2v) is 6.87. The number of methoxy groups -OCH3 is 1. The van der Waals surface area contributed by atoms with Crippen LogP contribution in [0.3, 0.4) is 0 Å². The summed E-state index contributed by atoms with van der Waals surface area (Å²) in [5.74, 6) is 0.786. The zero-order chi connectivity index (χ0) is 19.7. The van der Waals surface area contributed by atoms with Crippen molar-refractivity contribution in [2.45, 2.75) is 13.0 Å². The number of para-hydroxylation sites is 4. The number of rotatable bonds is 5. The van der Waals surface area contributed by atoms with Crippen molar-refractivity contribution in [3.05, 3.63) is 54.4 Å². The van der Waals surface area contributed by atoms with Gasteiger partial charge in [-0.05, 0) is 24.3 Å². The van der Waals surface area contributed by atoms with Gasteiger partial charge in [-0.25, -0.2) is 4.98 Å². The molecule has 1 fully saturated rings. The standard InChI is InChI=1S/C21H22N4O3/c1-24-16-8-4-3-7-15(16)23-19(24)12-22-21(27)14-11-20(26)25(13-14)17-9-5-6-10-18(17)28-2/h3-10,14H,11-13H2,1-2H3,(H,22,27). The lowest BCUT2D eigenvalue weighted by Crippen LogP contribution is -2.33. The number of amides is 2. The molecule has 0 aliphatic carbocycles. The lowest BCUT2D eigenvalue weighted by atomic mass is 10.1. The van der Waals surface area contributed by atoms with Crippen LogP contribution in [0.25, 0.3) is 11.0 Å². The van der Waals surface area contributed by atoms with Crippen molar-refractivity contribution in [1.29, 1.82) is 0 Å². The minimum absolute atomic E-state index is 0.0765. The summed E-state index contributed by atoms with van der Waals surface area (Å²) in [7, 11) is 3.50. The van der Waals surface area contributed by atoms with Crippen LogP contribution in [-0.4, -0.2) is 35.0 Å². The van der Waals surface area contributed by atoms with Crippen molar-refractivity contribution in [1.82, 2.24) is 14.9 Å². The topological polar surface area (TPSA) is 76.5 Å². The first kappa shape index (κ1) is 18.0. The SMILES string of the molecule is COc1ccccc1N1CC(C(=O)NCc2nc3ccccc3n2C)CC1=O. The lowest BCUT2D eigenvalue weighted by Gasteiger charge is -2.19. The van der Waals surface area contributed by atoms with E-state index in [9.17, 15) is 9.59 Å². The third-order valence-electron chi connectivity index (χ3n) is 5.17. The van der Waals surface area contributed by atoms with Gasteiger partial charge in [-0.2, -0.15) is 0 Å². The van der Waals surface area contributed by atoms with Gasteiger partial charge < -0.3 is 19.5 Å². The smallest absolute Gasteiger partial charge is 0.227 e. The zero-order valence-corrected chi connectivity index (χ0v) is 15.9. The highest BCUT2D eigenvalue weighted by Gasteiger charge is 2.36. The Bertz CT molecular complexity index is 1040. The molecule has 2 heterocycles. The summed E-state index contributed by atoms with van der Waals surface area (Å²) in [6.45, 7) is 0.664.